The summed E-state index contributed by atoms with van der Waals surface area (Å²) in [6, 6.07) is 22.4. The number of carbonyl (C=O) groups excluding carboxylic acids is 2. The van der Waals surface area contributed by atoms with Crippen molar-refractivity contribution in [1.29, 1.82) is 0 Å². The Morgan fingerprint density at radius 3 is 2.14 bits per heavy atom. The summed E-state index contributed by atoms with van der Waals surface area (Å²) in [4.78, 5) is 29.8. The van der Waals surface area contributed by atoms with Gasteiger partial charge >= 0.3 is 0 Å². The normalized spacial score (nSPS) is 17.2. The lowest BCUT2D eigenvalue weighted by atomic mass is 9.71. The number of Topliss-reactive ketones (excluding diaryl/α,β-unsaturated/α-hetero) is 2. The molecule has 0 atom stereocenters. The van der Waals surface area contributed by atoms with E-state index < -0.39 is 5.92 Å². The molecule has 6 rings (SSSR count). The minimum Gasteiger partial charge on any atom is -0.490 e. The molecule has 3 aliphatic rings. The molecule has 0 radical (unpaired) electrons. The van der Waals surface area contributed by atoms with Gasteiger partial charge in [0.2, 0.25) is 0 Å². The number of ether oxygens (including phenoxy) is 2. The van der Waals surface area contributed by atoms with Crippen LogP contribution in [0.1, 0.15) is 73.6 Å². The summed E-state index contributed by atoms with van der Waals surface area (Å²) in [7, 11) is 0. The SMILES string of the molecule is CCOc1cc(C2C3=C(CCCC3=O)N(CCc3ccccc3)C3=C2C(=O)CCC3)cc(Cl)c1OCc1cccc(C)c1. The molecule has 0 unspecified atom stereocenters. The summed E-state index contributed by atoms with van der Waals surface area (Å²) in [6.07, 6.45) is 5.10. The Morgan fingerprint density at radius 2 is 1.49 bits per heavy atom. The molecule has 3 aromatic rings. The molecule has 0 amide bonds. The fourth-order valence-corrected chi connectivity index (χ4v) is 7.09. The zero-order chi connectivity index (χ0) is 29.9. The van der Waals surface area contributed by atoms with Gasteiger partial charge in [-0.1, -0.05) is 71.8 Å². The number of hydrogen-bond donors (Lipinski definition) is 0. The maximum absolute atomic E-state index is 13.8. The van der Waals surface area contributed by atoms with Crippen molar-refractivity contribution in [2.24, 2.45) is 0 Å². The van der Waals surface area contributed by atoms with Crippen molar-refractivity contribution >= 4 is 23.2 Å². The van der Waals surface area contributed by atoms with Gasteiger partial charge in [-0.2, -0.15) is 0 Å². The Kier molecular flexibility index (Phi) is 8.71. The molecule has 0 aromatic heterocycles. The van der Waals surface area contributed by atoms with Crippen LogP contribution in [0.25, 0.3) is 0 Å². The van der Waals surface area contributed by atoms with Gasteiger partial charge in [0.05, 0.1) is 11.6 Å². The molecular formula is C37H38ClNO4. The molecule has 3 aromatic carbocycles. The van der Waals surface area contributed by atoms with E-state index in [9.17, 15) is 9.59 Å². The highest BCUT2D eigenvalue weighted by atomic mass is 35.5. The number of benzene rings is 3. The largest absolute Gasteiger partial charge is 0.490 e. The monoisotopic (exact) mass is 595 g/mol. The lowest BCUT2D eigenvalue weighted by molar-refractivity contribution is -0.117. The van der Waals surface area contributed by atoms with Crippen LogP contribution in [0.2, 0.25) is 5.02 Å². The lowest BCUT2D eigenvalue weighted by Crippen LogP contribution is -2.40. The average Bonchev–Trinajstić information content (AvgIpc) is 3.00. The van der Waals surface area contributed by atoms with E-state index in [1.165, 1.54) is 5.56 Å². The van der Waals surface area contributed by atoms with E-state index in [1.54, 1.807) is 0 Å². The number of allylic oxidation sites excluding steroid dienone is 4. The number of ketones is 2. The van der Waals surface area contributed by atoms with Crippen molar-refractivity contribution in [1.82, 2.24) is 4.90 Å². The van der Waals surface area contributed by atoms with Crippen LogP contribution in [0.5, 0.6) is 11.5 Å². The van der Waals surface area contributed by atoms with Crippen LogP contribution in [0, 0.1) is 6.92 Å². The minimum atomic E-state index is -0.457. The minimum absolute atomic E-state index is 0.120. The third-order valence-corrected chi connectivity index (χ3v) is 8.96. The van der Waals surface area contributed by atoms with Gasteiger partial charge in [0, 0.05) is 47.8 Å². The molecule has 43 heavy (non-hydrogen) atoms. The average molecular weight is 596 g/mol. The highest BCUT2D eigenvalue weighted by Gasteiger charge is 2.43. The quantitative estimate of drug-likeness (QED) is 0.249. The topological polar surface area (TPSA) is 55.8 Å². The summed E-state index contributed by atoms with van der Waals surface area (Å²) >= 11 is 6.94. The first-order valence-electron chi connectivity index (χ1n) is 15.4. The van der Waals surface area contributed by atoms with Crippen LogP contribution in [-0.4, -0.2) is 29.6 Å². The molecule has 222 valence electrons. The first-order valence-corrected chi connectivity index (χ1v) is 15.8. The molecule has 6 heteroatoms. The predicted molar refractivity (Wildman–Crippen MR) is 169 cm³/mol. The van der Waals surface area contributed by atoms with Gasteiger partial charge in [-0.15, -0.1) is 0 Å². The molecule has 1 aliphatic heterocycles. The molecule has 0 saturated heterocycles. The molecule has 2 aliphatic carbocycles. The Bertz CT molecular complexity index is 1560. The van der Waals surface area contributed by atoms with Crippen LogP contribution >= 0.6 is 11.6 Å². The van der Waals surface area contributed by atoms with Crippen molar-refractivity contribution in [3.8, 4) is 11.5 Å². The Morgan fingerprint density at radius 1 is 0.814 bits per heavy atom. The summed E-state index contributed by atoms with van der Waals surface area (Å²) < 4.78 is 12.3. The number of halogens is 1. The third kappa shape index (κ3) is 6.01. The van der Waals surface area contributed by atoms with Gasteiger partial charge in [-0.3, -0.25) is 9.59 Å². The molecule has 0 spiro atoms. The van der Waals surface area contributed by atoms with Gasteiger partial charge in [-0.05, 0) is 74.8 Å². The van der Waals surface area contributed by atoms with Gasteiger partial charge in [0.15, 0.2) is 23.1 Å². The lowest BCUT2D eigenvalue weighted by Gasteiger charge is -2.44. The number of aryl methyl sites for hydroxylation is 1. The second-order valence-electron chi connectivity index (χ2n) is 11.6. The number of rotatable bonds is 9. The van der Waals surface area contributed by atoms with Crippen LogP contribution < -0.4 is 9.47 Å². The van der Waals surface area contributed by atoms with E-state index >= 15 is 0 Å². The molecule has 1 heterocycles. The third-order valence-electron chi connectivity index (χ3n) is 8.68. The van der Waals surface area contributed by atoms with Crippen LogP contribution in [0.4, 0.5) is 0 Å². The fraction of sp³-hybridized carbons (Fsp3) is 0.351. The standard InChI is InChI=1S/C37H38ClNO4/c1-3-42-33-22-27(21-28(38)37(33)43-23-26-13-7-10-24(2)20-26)34-35-29(14-8-16-31(35)40)39(19-18-25-11-5-4-6-12-25)30-15-9-17-32(41)36(30)34/h4-7,10-13,20-22,34H,3,8-9,14-19,23H2,1-2H3. The molecular weight excluding hydrogens is 558 g/mol. The zero-order valence-corrected chi connectivity index (χ0v) is 25.7. The first-order chi connectivity index (χ1) is 20.9. The Balaban J connectivity index is 1.42. The number of nitrogens with zero attached hydrogens (tertiary/aromatic N) is 1. The summed E-state index contributed by atoms with van der Waals surface area (Å²) in [5.41, 5.74) is 7.89. The molecule has 0 saturated carbocycles. The second-order valence-corrected chi connectivity index (χ2v) is 12.0. The van der Waals surface area contributed by atoms with Crippen molar-refractivity contribution in [3.05, 3.63) is 117 Å². The van der Waals surface area contributed by atoms with Crippen molar-refractivity contribution in [3.63, 3.8) is 0 Å². The first kappa shape index (κ1) is 29.3. The summed E-state index contributed by atoms with van der Waals surface area (Å²) in [5, 5.41) is 0.413. The maximum atomic E-state index is 13.8. The van der Waals surface area contributed by atoms with Crippen molar-refractivity contribution < 1.29 is 19.1 Å². The maximum Gasteiger partial charge on any atom is 0.180 e. The fourth-order valence-electron chi connectivity index (χ4n) is 6.82. The van der Waals surface area contributed by atoms with Crippen LogP contribution in [-0.2, 0) is 22.6 Å². The van der Waals surface area contributed by atoms with Gasteiger partial charge < -0.3 is 14.4 Å². The Hall–Kier alpha value is -3.83. The summed E-state index contributed by atoms with van der Waals surface area (Å²) in [6.45, 7) is 5.49. The highest BCUT2D eigenvalue weighted by molar-refractivity contribution is 6.32. The van der Waals surface area contributed by atoms with E-state index in [1.807, 2.05) is 37.3 Å². The molecule has 0 fully saturated rings. The highest BCUT2D eigenvalue weighted by Crippen LogP contribution is 2.51. The van der Waals surface area contributed by atoms with Crippen LogP contribution in [0.3, 0.4) is 0 Å². The summed E-state index contributed by atoms with van der Waals surface area (Å²) in [5.74, 6) is 0.785. The van der Waals surface area contributed by atoms with E-state index in [0.717, 1.165) is 77.9 Å². The van der Waals surface area contributed by atoms with E-state index in [-0.39, 0.29) is 11.6 Å². The molecule has 0 bridgehead atoms. The smallest absolute Gasteiger partial charge is 0.180 e. The zero-order valence-electron chi connectivity index (χ0n) is 25.0. The van der Waals surface area contributed by atoms with E-state index in [4.69, 9.17) is 21.1 Å². The van der Waals surface area contributed by atoms with E-state index in [2.05, 4.69) is 48.2 Å². The van der Waals surface area contributed by atoms with Gasteiger partial charge in [0.1, 0.15) is 6.61 Å². The van der Waals surface area contributed by atoms with Gasteiger partial charge in [0.25, 0.3) is 0 Å². The van der Waals surface area contributed by atoms with Crippen molar-refractivity contribution in [2.75, 3.05) is 13.2 Å². The van der Waals surface area contributed by atoms with Crippen molar-refractivity contribution in [2.45, 2.75) is 71.3 Å². The van der Waals surface area contributed by atoms with Crippen LogP contribution in [0.15, 0.2) is 89.3 Å². The predicted octanol–water partition coefficient (Wildman–Crippen LogP) is 8.28. The second kappa shape index (κ2) is 12.8. The number of hydrogen-bond acceptors (Lipinski definition) is 5. The number of carbonyl (C=O) groups is 2. The van der Waals surface area contributed by atoms with Gasteiger partial charge in [-0.25, -0.2) is 0 Å². The molecule has 0 N–H and O–H groups in total. The van der Waals surface area contributed by atoms with E-state index in [0.29, 0.717) is 42.6 Å². The molecule has 5 nitrogen and oxygen atoms in total. The Labute approximate surface area is 259 Å².